The Kier molecular flexibility index (Phi) is 3.68. The van der Waals surface area contributed by atoms with Gasteiger partial charge in [0.25, 0.3) is 0 Å². The van der Waals surface area contributed by atoms with Crippen molar-refractivity contribution in [2.24, 2.45) is 5.41 Å². The number of ether oxygens (including phenoxy) is 1. The number of carbonyl (C=O) groups excluding carboxylic acids is 1. The van der Waals surface area contributed by atoms with Crippen molar-refractivity contribution < 1.29 is 9.53 Å². The SMILES string of the molecule is COC(=O)C(C)(C)C(C#N)c1ccccc1. The maximum absolute atomic E-state index is 11.6. The van der Waals surface area contributed by atoms with E-state index in [2.05, 4.69) is 6.07 Å². The highest BCUT2D eigenvalue weighted by Gasteiger charge is 2.39. The van der Waals surface area contributed by atoms with Crippen molar-refractivity contribution in [3.63, 3.8) is 0 Å². The highest BCUT2D eigenvalue weighted by Crippen LogP contribution is 2.35. The first-order valence-electron chi connectivity index (χ1n) is 5.07. The summed E-state index contributed by atoms with van der Waals surface area (Å²) in [6.07, 6.45) is 0. The minimum absolute atomic E-state index is 0.372. The van der Waals surface area contributed by atoms with Crippen LogP contribution in [0.1, 0.15) is 25.3 Å². The Morgan fingerprint density at radius 2 is 1.94 bits per heavy atom. The van der Waals surface area contributed by atoms with E-state index < -0.39 is 11.3 Å². The predicted octanol–water partition coefficient (Wildman–Crippen LogP) is 2.49. The topological polar surface area (TPSA) is 50.1 Å². The van der Waals surface area contributed by atoms with Crippen LogP contribution in [0.4, 0.5) is 0 Å². The van der Waals surface area contributed by atoms with Crippen LogP contribution in [0.15, 0.2) is 30.3 Å². The van der Waals surface area contributed by atoms with Crippen molar-refractivity contribution in [3.05, 3.63) is 35.9 Å². The summed E-state index contributed by atoms with van der Waals surface area (Å²) >= 11 is 0. The van der Waals surface area contributed by atoms with Gasteiger partial charge in [-0.05, 0) is 19.4 Å². The molecule has 16 heavy (non-hydrogen) atoms. The number of carbonyl (C=O) groups is 1. The summed E-state index contributed by atoms with van der Waals surface area (Å²) in [6.45, 7) is 3.44. The zero-order chi connectivity index (χ0) is 12.2. The van der Waals surface area contributed by atoms with Gasteiger partial charge in [0.2, 0.25) is 0 Å². The Morgan fingerprint density at radius 3 is 2.38 bits per heavy atom. The van der Waals surface area contributed by atoms with Crippen LogP contribution in [0.5, 0.6) is 0 Å². The standard InChI is InChI=1S/C13H15NO2/c1-13(2,12(15)16-3)11(9-14)10-7-5-4-6-8-10/h4-8,11H,1-3H3. The van der Waals surface area contributed by atoms with E-state index in [1.54, 1.807) is 13.8 Å². The van der Waals surface area contributed by atoms with Crippen molar-refractivity contribution in [2.45, 2.75) is 19.8 Å². The van der Waals surface area contributed by atoms with Gasteiger partial charge in [-0.3, -0.25) is 4.79 Å². The van der Waals surface area contributed by atoms with Crippen LogP contribution in [-0.4, -0.2) is 13.1 Å². The molecule has 1 aromatic rings. The third-order valence-electron chi connectivity index (χ3n) is 2.70. The lowest BCUT2D eigenvalue weighted by Crippen LogP contribution is -2.32. The maximum Gasteiger partial charge on any atom is 0.312 e. The number of benzene rings is 1. The summed E-state index contributed by atoms with van der Waals surface area (Å²) < 4.78 is 4.73. The first kappa shape index (κ1) is 12.3. The molecule has 0 N–H and O–H groups in total. The second-order valence-corrected chi connectivity index (χ2v) is 4.19. The van der Waals surface area contributed by atoms with Gasteiger partial charge < -0.3 is 4.74 Å². The van der Waals surface area contributed by atoms with Crippen LogP contribution >= 0.6 is 0 Å². The zero-order valence-electron chi connectivity index (χ0n) is 9.73. The molecule has 0 aliphatic rings. The minimum Gasteiger partial charge on any atom is -0.469 e. The van der Waals surface area contributed by atoms with E-state index in [1.165, 1.54) is 7.11 Å². The van der Waals surface area contributed by atoms with E-state index in [4.69, 9.17) is 4.74 Å². The Hall–Kier alpha value is -1.82. The summed E-state index contributed by atoms with van der Waals surface area (Å²) in [5.74, 6) is -0.871. The summed E-state index contributed by atoms with van der Waals surface area (Å²) in [4.78, 5) is 11.6. The van der Waals surface area contributed by atoms with E-state index in [1.807, 2.05) is 30.3 Å². The molecule has 0 heterocycles. The second kappa shape index (κ2) is 4.80. The molecule has 84 valence electrons. The fraction of sp³-hybridized carbons (Fsp3) is 0.385. The van der Waals surface area contributed by atoms with Crippen molar-refractivity contribution >= 4 is 5.97 Å². The van der Waals surface area contributed by atoms with Gasteiger partial charge in [0.1, 0.15) is 0 Å². The molecule has 0 spiro atoms. The van der Waals surface area contributed by atoms with Crippen molar-refractivity contribution in [1.82, 2.24) is 0 Å². The zero-order valence-corrected chi connectivity index (χ0v) is 9.73. The molecular weight excluding hydrogens is 202 g/mol. The summed E-state index contributed by atoms with van der Waals surface area (Å²) in [7, 11) is 1.34. The second-order valence-electron chi connectivity index (χ2n) is 4.19. The first-order chi connectivity index (χ1) is 7.54. The number of hydrogen-bond donors (Lipinski definition) is 0. The Labute approximate surface area is 95.7 Å². The molecular formula is C13H15NO2. The molecule has 1 aromatic carbocycles. The van der Waals surface area contributed by atoms with E-state index in [-0.39, 0.29) is 5.97 Å². The lowest BCUT2D eigenvalue weighted by Gasteiger charge is -2.26. The van der Waals surface area contributed by atoms with Gasteiger partial charge in [-0.25, -0.2) is 0 Å². The quantitative estimate of drug-likeness (QED) is 0.731. The molecule has 0 amide bonds. The predicted molar refractivity (Wildman–Crippen MR) is 60.6 cm³/mol. The third kappa shape index (κ3) is 2.22. The molecule has 0 aromatic heterocycles. The fourth-order valence-corrected chi connectivity index (χ4v) is 1.68. The van der Waals surface area contributed by atoms with Gasteiger partial charge in [0, 0.05) is 0 Å². The van der Waals surface area contributed by atoms with Gasteiger partial charge in [-0.1, -0.05) is 30.3 Å². The molecule has 3 nitrogen and oxygen atoms in total. The van der Waals surface area contributed by atoms with Crippen LogP contribution in [0.2, 0.25) is 0 Å². The molecule has 0 aliphatic carbocycles. The van der Waals surface area contributed by atoms with E-state index in [0.717, 1.165) is 5.56 Å². The van der Waals surface area contributed by atoms with Gasteiger partial charge >= 0.3 is 5.97 Å². The first-order valence-corrected chi connectivity index (χ1v) is 5.07. The molecule has 1 rings (SSSR count). The van der Waals surface area contributed by atoms with Crippen LogP contribution in [0, 0.1) is 16.7 Å². The van der Waals surface area contributed by atoms with Gasteiger partial charge in [-0.15, -0.1) is 0 Å². The number of nitriles is 1. The van der Waals surface area contributed by atoms with Crippen LogP contribution in [-0.2, 0) is 9.53 Å². The average Bonchev–Trinajstić information content (AvgIpc) is 2.30. The fourth-order valence-electron chi connectivity index (χ4n) is 1.68. The molecule has 1 unspecified atom stereocenters. The lowest BCUT2D eigenvalue weighted by atomic mass is 9.76. The maximum atomic E-state index is 11.6. The van der Waals surface area contributed by atoms with Crippen molar-refractivity contribution in [1.29, 1.82) is 5.26 Å². The van der Waals surface area contributed by atoms with E-state index in [9.17, 15) is 10.1 Å². The number of esters is 1. The molecule has 1 atom stereocenters. The van der Waals surface area contributed by atoms with Crippen LogP contribution < -0.4 is 0 Å². The largest absolute Gasteiger partial charge is 0.469 e. The highest BCUT2D eigenvalue weighted by atomic mass is 16.5. The van der Waals surface area contributed by atoms with E-state index in [0.29, 0.717) is 0 Å². The number of methoxy groups -OCH3 is 1. The molecule has 3 heteroatoms. The molecule has 0 aliphatic heterocycles. The summed E-state index contributed by atoms with van der Waals surface area (Å²) in [5.41, 5.74) is -0.00870. The van der Waals surface area contributed by atoms with E-state index >= 15 is 0 Å². The van der Waals surface area contributed by atoms with Crippen molar-refractivity contribution in [2.75, 3.05) is 7.11 Å². The number of nitrogens with zero attached hydrogens (tertiary/aromatic N) is 1. The average molecular weight is 217 g/mol. The monoisotopic (exact) mass is 217 g/mol. The molecule has 0 bridgehead atoms. The minimum atomic E-state index is -0.842. The van der Waals surface area contributed by atoms with Gasteiger partial charge in [-0.2, -0.15) is 5.26 Å². The molecule has 0 saturated heterocycles. The highest BCUT2D eigenvalue weighted by molar-refractivity contribution is 5.77. The van der Waals surface area contributed by atoms with Crippen molar-refractivity contribution in [3.8, 4) is 6.07 Å². The van der Waals surface area contributed by atoms with Gasteiger partial charge in [0.05, 0.1) is 24.5 Å². The molecule has 0 saturated carbocycles. The lowest BCUT2D eigenvalue weighted by molar-refractivity contribution is -0.151. The Bertz CT molecular complexity index is 404. The molecule has 0 fully saturated rings. The summed E-state index contributed by atoms with van der Waals surface area (Å²) in [5, 5.41) is 9.20. The van der Waals surface area contributed by atoms with Crippen LogP contribution in [0.3, 0.4) is 0 Å². The van der Waals surface area contributed by atoms with Gasteiger partial charge in [0.15, 0.2) is 0 Å². The molecule has 0 radical (unpaired) electrons. The normalized spacial score (nSPS) is 12.6. The summed E-state index contributed by atoms with van der Waals surface area (Å²) in [6, 6.07) is 11.5. The smallest absolute Gasteiger partial charge is 0.312 e. The number of rotatable bonds is 3. The Balaban J connectivity index is 3.10. The third-order valence-corrected chi connectivity index (χ3v) is 2.70. The Morgan fingerprint density at radius 1 is 1.38 bits per heavy atom. The number of hydrogen-bond acceptors (Lipinski definition) is 3. The van der Waals surface area contributed by atoms with Crippen LogP contribution in [0.25, 0.3) is 0 Å².